The molecule has 1 aliphatic heterocycles. The molecule has 0 aromatic carbocycles. The van der Waals surface area contributed by atoms with Gasteiger partial charge in [0, 0.05) is 19.0 Å². The highest BCUT2D eigenvalue weighted by Crippen LogP contribution is 2.28. The summed E-state index contributed by atoms with van der Waals surface area (Å²) in [6, 6.07) is 0.123. The van der Waals surface area contributed by atoms with Gasteiger partial charge in [-0.05, 0) is 38.7 Å². The van der Waals surface area contributed by atoms with Gasteiger partial charge >= 0.3 is 0 Å². The number of hydrogen-bond donors (Lipinski definition) is 1. The highest BCUT2D eigenvalue weighted by molar-refractivity contribution is 7.20. The summed E-state index contributed by atoms with van der Waals surface area (Å²) >= 11 is 1.34. The molecule has 0 spiro atoms. The van der Waals surface area contributed by atoms with Crippen LogP contribution in [0.3, 0.4) is 0 Å². The van der Waals surface area contributed by atoms with Gasteiger partial charge in [-0.15, -0.1) is 11.3 Å². The Labute approximate surface area is 139 Å². The molecule has 2 aromatic rings. The number of amides is 1. The van der Waals surface area contributed by atoms with Crippen LogP contribution in [0.5, 0.6) is 0 Å². The Kier molecular flexibility index (Phi) is 4.53. The van der Waals surface area contributed by atoms with E-state index in [0.717, 1.165) is 50.0 Å². The molecule has 0 aliphatic carbocycles. The molecule has 0 fully saturated rings. The topological polar surface area (TPSA) is 64.0 Å². The minimum atomic E-state index is -0.0977. The van der Waals surface area contributed by atoms with Crippen LogP contribution in [0.4, 0.5) is 0 Å². The van der Waals surface area contributed by atoms with Gasteiger partial charge in [0.1, 0.15) is 10.7 Å². The van der Waals surface area contributed by atoms with Crippen molar-refractivity contribution < 1.29 is 4.79 Å². The summed E-state index contributed by atoms with van der Waals surface area (Å²) < 4.78 is 1.81. The Hall–Kier alpha value is -1.69. The molecule has 3 heterocycles. The van der Waals surface area contributed by atoms with Crippen molar-refractivity contribution in [3.8, 4) is 0 Å². The van der Waals surface area contributed by atoms with Crippen molar-refractivity contribution in [3.05, 3.63) is 26.6 Å². The molecule has 0 radical (unpaired) electrons. The van der Waals surface area contributed by atoms with Crippen molar-refractivity contribution in [2.45, 2.75) is 65.5 Å². The van der Waals surface area contributed by atoms with Gasteiger partial charge in [0.15, 0.2) is 0 Å². The summed E-state index contributed by atoms with van der Waals surface area (Å²) in [6.45, 7) is 6.61. The van der Waals surface area contributed by atoms with E-state index in [1.165, 1.54) is 11.3 Å². The molecular weight excluding hydrogens is 310 g/mol. The lowest BCUT2D eigenvalue weighted by molar-refractivity contribution is 0.0943. The maximum Gasteiger partial charge on any atom is 0.262 e. The Morgan fingerprint density at radius 2 is 2.17 bits per heavy atom. The third-order valence-corrected chi connectivity index (χ3v) is 5.79. The van der Waals surface area contributed by atoms with Gasteiger partial charge < -0.3 is 5.32 Å². The molecule has 1 amide bonds. The zero-order chi connectivity index (χ0) is 16.6. The summed E-state index contributed by atoms with van der Waals surface area (Å²) in [5.41, 5.74) is 0.783. The number of fused-ring (bicyclic) bond motifs is 2. The van der Waals surface area contributed by atoms with Crippen molar-refractivity contribution in [1.29, 1.82) is 0 Å². The molecule has 124 valence electrons. The van der Waals surface area contributed by atoms with Gasteiger partial charge in [0.2, 0.25) is 0 Å². The minimum absolute atomic E-state index is 0.0169. The van der Waals surface area contributed by atoms with E-state index in [9.17, 15) is 9.59 Å². The van der Waals surface area contributed by atoms with Gasteiger partial charge in [-0.1, -0.05) is 13.3 Å². The SMILES string of the molecule is CCC(C)NC(=O)c1sc2nc3n(c(=O)c2c1C)CCCCC3. The maximum atomic E-state index is 12.9. The molecule has 1 unspecified atom stereocenters. The van der Waals surface area contributed by atoms with Crippen molar-refractivity contribution >= 4 is 27.5 Å². The average Bonchev–Trinajstić information content (AvgIpc) is 2.71. The zero-order valence-electron chi connectivity index (χ0n) is 13.9. The molecule has 5 nitrogen and oxygen atoms in total. The van der Waals surface area contributed by atoms with Crippen molar-refractivity contribution in [1.82, 2.24) is 14.9 Å². The first-order valence-electron chi connectivity index (χ1n) is 8.36. The molecule has 1 aliphatic rings. The van der Waals surface area contributed by atoms with Crippen LogP contribution in [0.2, 0.25) is 0 Å². The van der Waals surface area contributed by atoms with Gasteiger partial charge in [-0.3, -0.25) is 14.2 Å². The lowest BCUT2D eigenvalue weighted by Gasteiger charge is -2.10. The van der Waals surface area contributed by atoms with Crippen molar-refractivity contribution in [2.75, 3.05) is 0 Å². The number of aryl methyl sites for hydroxylation is 2. The van der Waals surface area contributed by atoms with Gasteiger partial charge in [-0.25, -0.2) is 4.98 Å². The molecule has 6 heteroatoms. The third-order valence-electron chi connectivity index (χ3n) is 4.61. The number of aromatic nitrogens is 2. The van der Waals surface area contributed by atoms with Crippen molar-refractivity contribution in [2.24, 2.45) is 0 Å². The smallest absolute Gasteiger partial charge is 0.262 e. The molecule has 3 rings (SSSR count). The predicted molar refractivity (Wildman–Crippen MR) is 93.4 cm³/mol. The normalized spacial score (nSPS) is 16.0. The zero-order valence-corrected chi connectivity index (χ0v) is 14.8. The van der Waals surface area contributed by atoms with E-state index < -0.39 is 0 Å². The van der Waals surface area contributed by atoms with E-state index in [1.54, 1.807) is 0 Å². The average molecular weight is 333 g/mol. The maximum absolute atomic E-state index is 12.9. The second kappa shape index (κ2) is 6.43. The lowest BCUT2D eigenvalue weighted by Crippen LogP contribution is -2.31. The molecule has 0 saturated heterocycles. The molecule has 23 heavy (non-hydrogen) atoms. The Morgan fingerprint density at radius 1 is 1.39 bits per heavy atom. The molecule has 0 saturated carbocycles. The summed E-state index contributed by atoms with van der Waals surface area (Å²) in [7, 11) is 0. The van der Waals surface area contributed by atoms with Crippen LogP contribution in [0.15, 0.2) is 4.79 Å². The van der Waals surface area contributed by atoms with Gasteiger partial charge in [0.25, 0.3) is 11.5 Å². The molecule has 0 bridgehead atoms. The fraction of sp³-hybridized carbons (Fsp3) is 0.588. The summed E-state index contributed by atoms with van der Waals surface area (Å²) in [4.78, 5) is 31.3. The summed E-state index contributed by atoms with van der Waals surface area (Å²) in [5.74, 6) is 0.773. The minimum Gasteiger partial charge on any atom is -0.349 e. The van der Waals surface area contributed by atoms with Gasteiger partial charge in [0.05, 0.1) is 10.3 Å². The first kappa shape index (κ1) is 16.2. The summed E-state index contributed by atoms with van der Waals surface area (Å²) in [5, 5.41) is 3.60. The first-order chi connectivity index (χ1) is 11.0. The lowest BCUT2D eigenvalue weighted by atomic mass is 10.2. The fourth-order valence-corrected chi connectivity index (χ4v) is 4.11. The number of thiophene rings is 1. The largest absolute Gasteiger partial charge is 0.349 e. The van der Waals surface area contributed by atoms with E-state index in [-0.39, 0.29) is 17.5 Å². The molecule has 1 N–H and O–H groups in total. The highest BCUT2D eigenvalue weighted by Gasteiger charge is 2.22. The number of nitrogens with one attached hydrogen (secondary N) is 1. The second-order valence-electron chi connectivity index (χ2n) is 6.31. The van der Waals surface area contributed by atoms with Crippen LogP contribution in [0.1, 0.15) is 60.6 Å². The Morgan fingerprint density at radius 3 is 2.91 bits per heavy atom. The van der Waals surface area contributed by atoms with E-state index in [4.69, 9.17) is 4.98 Å². The number of nitrogens with zero attached hydrogens (tertiary/aromatic N) is 2. The van der Waals surface area contributed by atoms with Gasteiger partial charge in [-0.2, -0.15) is 0 Å². The number of carbonyl (C=O) groups excluding carboxylic acids is 1. The summed E-state index contributed by atoms with van der Waals surface area (Å²) in [6.07, 6.45) is 4.95. The number of rotatable bonds is 3. The molecule has 2 aromatic heterocycles. The van der Waals surface area contributed by atoms with Crippen LogP contribution < -0.4 is 10.9 Å². The van der Waals surface area contributed by atoms with Crippen molar-refractivity contribution in [3.63, 3.8) is 0 Å². The van der Waals surface area contributed by atoms with Crippen LogP contribution in [-0.2, 0) is 13.0 Å². The van der Waals surface area contributed by atoms with Crippen LogP contribution in [0.25, 0.3) is 10.2 Å². The number of carbonyl (C=O) groups is 1. The first-order valence-corrected chi connectivity index (χ1v) is 9.18. The standard InChI is InChI=1S/C17H23N3O2S/c1-4-10(2)18-15(21)14-11(3)13-16(23-14)19-12-8-6-5-7-9-20(12)17(13)22/h10H,4-9H2,1-3H3,(H,18,21). The van der Waals surface area contributed by atoms with E-state index >= 15 is 0 Å². The van der Waals surface area contributed by atoms with Crippen LogP contribution >= 0.6 is 11.3 Å². The quantitative estimate of drug-likeness (QED) is 0.939. The Bertz CT molecular complexity index is 806. The number of hydrogen-bond acceptors (Lipinski definition) is 4. The second-order valence-corrected chi connectivity index (χ2v) is 7.31. The van der Waals surface area contributed by atoms with E-state index in [1.807, 2.05) is 25.3 Å². The van der Waals surface area contributed by atoms with E-state index in [0.29, 0.717) is 15.1 Å². The monoisotopic (exact) mass is 333 g/mol. The molecular formula is C17H23N3O2S. The third kappa shape index (κ3) is 2.92. The van der Waals surface area contributed by atoms with E-state index in [2.05, 4.69) is 5.32 Å². The predicted octanol–water partition coefficient (Wildman–Crippen LogP) is 3.02. The fourth-order valence-electron chi connectivity index (χ4n) is 3.02. The van der Waals surface area contributed by atoms with Crippen LogP contribution in [0, 0.1) is 6.92 Å². The van der Waals surface area contributed by atoms with Crippen LogP contribution in [-0.4, -0.2) is 21.5 Å². The highest BCUT2D eigenvalue weighted by atomic mass is 32.1. The molecule has 1 atom stereocenters. The Balaban J connectivity index is 2.10.